The molecule has 16 heavy (non-hydrogen) atoms. The molecule has 2 rings (SSSR count). The van der Waals surface area contributed by atoms with Crippen molar-refractivity contribution in [1.29, 1.82) is 0 Å². The Morgan fingerprint density at radius 3 is 2.69 bits per heavy atom. The van der Waals surface area contributed by atoms with Gasteiger partial charge in [-0.3, -0.25) is 4.79 Å². The lowest BCUT2D eigenvalue weighted by molar-refractivity contribution is 0.0954. The maximum Gasteiger partial charge on any atom is 0.174 e. The molecule has 0 bridgehead atoms. The highest BCUT2D eigenvalue weighted by atomic mass is 35.5. The monoisotopic (exact) mass is 256 g/mol. The van der Waals surface area contributed by atoms with Gasteiger partial charge in [-0.25, -0.2) is 0 Å². The van der Waals surface area contributed by atoms with Crippen LogP contribution in [0, 0.1) is 12.8 Å². The third-order valence-corrected chi connectivity index (χ3v) is 5.09. The van der Waals surface area contributed by atoms with E-state index in [4.69, 9.17) is 11.6 Å². The molecule has 1 nitrogen and oxygen atoms in total. The fraction of sp³-hybridized carbons (Fsp3) is 0.615. The number of rotatable bonds is 3. The molecule has 1 aromatic rings. The van der Waals surface area contributed by atoms with Crippen molar-refractivity contribution in [2.45, 2.75) is 45.4 Å². The van der Waals surface area contributed by atoms with E-state index < -0.39 is 0 Å². The van der Waals surface area contributed by atoms with Crippen LogP contribution in [0.4, 0.5) is 0 Å². The zero-order valence-corrected chi connectivity index (χ0v) is 11.2. The molecule has 1 aliphatic rings. The van der Waals surface area contributed by atoms with E-state index in [9.17, 15) is 4.79 Å². The lowest BCUT2D eigenvalue weighted by Crippen LogP contribution is -2.11. The van der Waals surface area contributed by atoms with Crippen LogP contribution in [0.25, 0.3) is 0 Å². The fourth-order valence-electron chi connectivity index (χ4n) is 2.36. The maximum atomic E-state index is 12.1. The minimum absolute atomic E-state index is 0.245. The highest BCUT2D eigenvalue weighted by molar-refractivity contribution is 7.13. The molecule has 1 saturated carbocycles. The number of Topliss-reactive ketones (excluding diaryl/α,β-unsaturated/α-hetero) is 1. The molecule has 1 heterocycles. The molecular weight excluding hydrogens is 240 g/mol. The van der Waals surface area contributed by atoms with E-state index in [1.165, 1.54) is 43.4 Å². The summed E-state index contributed by atoms with van der Waals surface area (Å²) in [7, 11) is 0. The molecule has 0 aliphatic heterocycles. The van der Waals surface area contributed by atoms with Crippen LogP contribution in [0.1, 0.15) is 53.8 Å². The Bertz CT molecular complexity index is 377. The number of hydrogen-bond donors (Lipinski definition) is 0. The van der Waals surface area contributed by atoms with E-state index in [0.29, 0.717) is 17.4 Å². The number of carbonyl (C=O) groups excluding carboxylic acids is 1. The smallest absolute Gasteiger partial charge is 0.174 e. The quantitative estimate of drug-likeness (QED) is 0.706. The minimum Gasteiger partial charge on any atom is -0.293 e. The number of aryl methyl sites for hydroxylation is 1. The van der Waals surface area contributed by atoms with E-state index in [-0.39, 0.29) is 5.78 Å². The third kappa shape index (κ3) is 2.67. The van der Waals surface area contributed by atoms with Crippen molar-refractivity contribution in [2.24, 2.45) is 5.92 Å². The van der Waals surface area contributed by atoms with Gasteiger partial charge in [0, 0.05) is 6.42 Å². The van der Waals surface area contributed by atoms with E-state index in [1.807, 2.05) is 12.3 Å². The summed E-state index contributed by atoms with van der Waals surface area (Å²) in [5.41, 5.74) is 1.03. The topological polar surface area (TPSA) is 17.1 Å². The molecule has 1 aromatic heterocycles. The number of ketones is 1. The molecule has 0 radical (unpaired) electrons. The molecule has 1 aliphatic carbocycles. The predicted molar refractivity (Wildman–Crippen MR) is 69.6 cm³/mol. The van der Waals surface area contributed by atoms with Gasteiger partial charge in [0.2, 0.25) is 0 Å². The number of carbonyl (C=O) groups is 1. The molecule has 0 N–H and O–H groups in total. The van der Waals surface area contributed by atoms with Gasteiger partial charge in [-0.1, -0.05) is 43.7 Å². The average molecular weight is 257 g/mol. The SMILES string of the molecule is Cc1csc(C(=O)CC2CCCCC2)c1Cl. The first-order chi connectivity index (χ1) is 7.68. The highest BCUT2D eigenvalue weighted by Crippen LogP contribution is 2.32. The van der Waals surface area contributed by atoms with E-state index >= 15 is 0 Å². The first kappa shape index (κ1) is 12.1. The summed E-state index contributed by atoms with van der Waals surface area (Å²) in [4.78, 5) is 12.8. The van der Waals surface area contributed by atoms with Crippen molar-refractivity contribution in [2.75, 3.05) is 0 Å². The van der Waals surface area contributed by atoms with Gasteiger partial charge in [-0.05, 0) is 23.8 Å². The van der Waals surface area contributed by atoms with Crippen LogP contribution < -0.4 is 0 Å². The van der Waals surface area contributed by atoms with Gasteiger partial charge in [0.15, 0.2) is 5.78 Å². The number of halogens is 1. The zero-order valence-electron chi connectivity index (χ0n) is 9.59. The van der Waals surface area contributed by atoms with Crippen molar-refractivity contribution >= 4 is 28.7 Å². The van der Waals surface area contributed by atoms with Crippen LogP contribution in [-0.4, -0.2) is 5.78 Å². The van der Waals surface area contributed by atoms with Crippen LogP contribution in [0.5, 0.6) is 0 Å². The Morgan fingerprint density at radius 1 is 1.44 bits per heavy atom. The van der Waals surface area contributed by atoms with Crippen molar-refractivity contribution in [3.05, 3.63) is 20.8 Å². The Kier molecular flexibility index (Phi) is 4.04. The van der Waals surface area contributed by atoms with Gasteiger partial charge in [0.05, 0.1) is 9.90 Å². The lowest BCUT2D eigenvalue weighted by Gasteiger charge is -2.20. The molecule has 0 atom stereocenters. The Hall–Kier alpha value is -0.340. The summed E-state index contributed by atoms with van der Waals surface area (Å²) >= 11 is 7.60. The second kappa shape index (κ2) is 5.33. The van der Waals surface area contributed by atoms with Crippen LogP contribution in [0.2, 0.25) is 5.02 Å². The second-order valence-electron chi connectivity index (χ2n) is 4.69. The molecule has 0 aromatic carbocycles. The highest BCUT2D eigenvalue weighted by Gasteiger charge is 2.21. The maximum absolute atomic E-state index is 12.1. The molecule has 0 amide bonds. The lowest BCUT2D eigenvalue weighted by atomic mass is 9.85. The summed E-state index contributed by atoms with van der Waals surface area (Å²) in [5.74, 6) is 0.842. The first-order valence-electron chi connectivity index (χ1n) is 5.95. The molecule has 0 unspecified atom stereocenters. The standard InChI is InChI=1S/C13H17ClOS/c1-9-8-16-13(12(9)14)11(15)7-10-5-3-2-4-6-10/h8,10H,2-7H2,1H3. The molecule has 1 fully saturated rings. The second-order valence-corrected chi connectivity index (χ2v) is 5.95. The largest absolute Gasteiger partial charge is 0.293 e. The van der Waals surface area contributed by atoms with Crippen molar-refractivity contribution < 1.29 is 4.79 Å². The molecule has 88 valence electrons. The van der Waals surface area contributed by atoms with Crippen LogP contribution in [-0.2, 0) is 0 Å². The van der Waals surface area contributed by atoms with Crippen LogP contribution in [0.3, 0.4) is 0 Å². The number of hydrogen-bond acceptors (Lipinski definition) is 2. The van der Waals surface area contributed by atoms with Gasteiger partial charge in [-0.15, -0.1) is 11.3 Å². The van der Waals surface area contributed by atoms with Crippen molar-refractivity contribution in [1.82, 2.24) is 0 Å². The van der Waals surface area contributed by atoms with Crippen LogP contribution >= 0.6 is 22.9 Å². The average Bonchev–Trinajstić information content (AvgIpc) is 2.61. The Morgan fingerprint density at radius 2 is 2.12 bits per heavy atom. The first-order valence-corrected chi connectivity index (χ1v) is 7.21. The van der Waals surface area contributed by atoms with Gasteiger partial charge in [0.25, 0.3) is 0 Å². The van der Waals surface area contributed by atoms with Gasteiger partial charge in [0.1, 0.15) is 0 Å². The van der Waals surface area contributed by atoms with Crippen LogP contribution in [0.15, 0.2) is 5.38 Å². The zero-order chi connectivity index (χ0) is 11.5. The molecule has 0 spiro atoms. The Balaban J connectivity index is 1.99. The summed E-state index contributed by atoms with van der Waals surface area (Å²) in [6.45, 7) is 1.95. The predicted octanol–water partition coefficient (Wildman–Crippen LogP) is 4.86. The van der Waals surface area contributed by atoms with Gasteiger partial charge < -0.3 is 0 Å². The van der Waals surface area contributed by atoms with Crippen molar-refractivity contribution in [3.63, 3.8) is 0 Å². The van der Waals surface area contributed by atoms with Gasteiger partial charge in [-0.2, -0.15) is 0 Å². The number of thiophene rings is 1. The molecule has 0 saturated heterocycles. The van der Waals surface area contributed by atoms with E-state index in [2.05, 4.69) is 0 Å². The minimum atomic E-state index is 0.245. The summed E-state index contributed by atoms with van der Waals surface area (Å²) in [5, 5.41) is 2.64. The molecule has 3 heteroatoms. The summed E-state index contributed by atoms with van der Waals surface area (Å²) < 4.78 is 0. The summed E-state index contributed by atoms with van der Waals surface area (Å²) in [6.07, 6.45) is 7.04. The summed E-state index contributed by atoms with van der Waals surface area (Å²) in [6, 6.07) is 0. The van der Waals surface area contributed by atoms with E-state index in [0.717, 1.165) is 10.4 Å². The van der Waals surface area contributed by atoms with Gasteiger partial charge >= 0.3 is 0 Å². The third-order valence-electron chi connectivity index (χ3n) is 3.35. The fourth-order valence-corrected chi connectivity index (χ4v) is 3.61. The van der Waals surface area contributed by atoms with Crippen molar-refractivity contribution in [3.8, 4) is 0 Å². The molecular formula is C13H17ClOS. The normalized spacial score (nSPS) is 17.6. The van der Waals surface area contributed by atoms with E-state index in [1.54, 1.807) is 0 Å². The Labute approximate surface area is 106 Å².